The lowest BCUT2D eigenvalue weighted by Crippen LogP contribution is -2.41. The van der Waals surface area contributed by atoms with Crippen LogP contribution in [0, 0.1) is 5.41 Å². The fourth-order valence-corrected chi connectivity index (χ4v) is 2.84. The van der Waals surface area contributed by atoms with E-state index in [1.54, 1.807) is 11.0 Å². The third kappa shape index (κ3) is 3.04. The summed E-state index contributed by atoms with van der Waals surface area (Å²) >= 11 is 12.1. The normalized spacial score (nSPS) is 22.5. The Morgan fingerprint density at radius 1 is 1.47 bits per heavy atom. The molecule has 1 N–H and O–H groups in total. The first kappa shape index (κ1) is 14.6. The summed E-state index contributed by atoms with van der Waals surface area (Å²) in [4.78, 5) is 14.2. The summed E-state index contributed by atoms with van der Waals surface area (Å²) in [5.74, 6) is 0.147. The maximum absolute atomic E-state index is 12.5. The van der Waals surface area contributed by atoms with Crippen LogP contribution in [-0.4, -0.2) is 30.9 Å². The number of rotatable bonds is 3. The maximum atomic E-state index is 12.5. The standard InChI is InChI=1S/C14H18Cl2N2O/c1-14(6-7-17-9-14)13(19)18(2)8-10-4-3-5-11(15)12(10)16/h3-5,17H,6-9H2,1-2H3. The van der Waals surface area contributed by atoms with Crippen LogP contribution in [0.1, 0.15) is 18.9 Å². The van der Waals surface area contributed by atoms with Gasteiger partial charge in [0.15, 0.2) is 0 Å². The van der Waals surface area contributed by atoms with Gasteiger partial charge in [0, 0.05) is 20.1 Å². The number of halogens is 2. The highest BCUT2D eigenvalue weighted by molar-refractivity contribution is 6.42. The number of hydrogen-bond acceptors (Lipinski definition) is 2. The lowest BCUT2D eigenvalue weighted by atomic mass is 9.88. The van der Waals surface area contributed by atoms with Crippen molar-refractivity contribution < 1.29 is 4.79 Å². The van der Waals surface area contributed by atoms with Crippen molar-refractivity contribution in [2.24, 2.45) is 5.41 Å². The number of carbonyl (C=O) groups is 1. The van der Waals surface area contributed by atoms with Gasteiger partial charge >= 0.3 is 0 Å². The van der Waals surface area contributed by atoms with Crippen LogP contribution in [0.25, 0.3) is 0 Å². The van der Waals surface area contributed by atoms with Crippen LogP contribution < -0.4 is 5.32 Å². The molecule has 0 bridgehead atoms. The third-order valence-electron chi connectivity index (χ3n) is 3.67. The van der Waals surface area contributed by atoms with E-state index in [1.807, 2.05) is 26.1 Å². The van der Waals surface area contributed by atoms with Crippen molar-refractivity contribution in [3.05, 3.63) is 33.8 Å². The summed E-state index contributed by atoms with van der Waals surface area (Å²) in [6.07, 6.45) is 0.874. The molecule has 5 heteroatoms. The minimum Gasteiger partial charge on any atom is -0.341 e. The Morgan fingerprint density at radius 3 is 2.84 bits per heavy atom. The molecule has 1 saturated heterocycles. The molecule has 1 atom stereocenters. The van der Waals surface area contributed by atoms with Crippen LogP contribution in [0.2, 0.25) is 10.0 Å². The van der Waals surface area contributed by atoms with Crippen LogP contribution in [0.4, 0.5) is 0 Å². The van der Waals surface area contributed by atoms with Crippen molar-refractivity contribution in [1.29, 1.82) is 0 Å². The molecular formula is C14H18Cl2N2O. The van der Waals surface area contributed by atoms with Gasteiger partial charge in [-0.05, 0) is 31.5 Å². The van der Waals surface area contributed by atoms with Crippen molar-refractivity contribution in [2.45, 2.75) is 19.9 Å². The second-order valence-corrected chi connectivity index (χ2v) is 6.15. The third-order valence-corrected chi connectivity index (χ3v) is 4.53. The van der Waals surface area contributed by atoms with E-state index in [9.17, 15) is 4.79 Å². The molecular weight excluding hydrogens is 283 g/mol. The largest absolute Gasteiger partial charge is 0.341 e. The maximum Gasteiger partial charge on any atom is 0.229 e. The van der Waals surface area contributed by atoms with Crippen molar-refractivity contribution in [2.75, 3.05) is 20.1 Å². The quantitative estimate of drug-likeness (QED) is 0.931. The highest BCUT2D eigenvalue weighted by Gasteiger charge is 2.38. The SMILES string of the molecule is CN(Cc1cccc(Cl)c1Cl)C(=O)C1(C)CCNC1. The van der Waals surface area contributed by atoms with E-state index in [4.69, 9.17) is 23.2 Å². The summed E-state index contributed by atoms with van der Waals surface area (Å²) in [5, 5.41) is 4.29. The van der Waals surface area contributed by atoms with Crippen LogP contribution in [0.3, 0.4) is 0 Å². The van der Waals surface area contributed by atoms with Crippen molar-refractivity contribution in [1.82, 2.24) is 10.2 Å². The molecule has 0 aromatic heterocycles. The zero-order chi connectivity index (χ0) is 14.0. The van der Waals surface area contributed by atoms with Gasteiger partial charge in [-0.2, -0.15) is 0 Å². The molecule has 19 heavy (non-hydrogen) atoms. The number of carbonyl (C=O) groups excluding carboxylic acids is 1. The van der Waals surface area contributed by atoms with Crippen molar-refractivity contribution >= 4 is 29.1 Å². The summed E-state index contributed by atoms with van der Waals surface area (Å²) in [5.41, 5.74) is 0.569. The molecule has 3 nitrogen and oxygen atoms in total. The number of amides is 1. The highest BCUT2D eigenvalue weighted by atomic mass is 35.5. The molecule has 1 unspecified atom stereocenters. The Hall–Kier alpha value is -0.770. The summed E-state index contributed by atoms with van der Waals surface area (Å²) < 4.78 is 0. The Labute approximate surface area is 123 Å². The summed E-state index contributed by atoms with van der Waals surface area (Å²) in [7, 11) is 1.81. The topological polar surface area (TPSA) is 32.3 Å². The highest BCUT2D eigenvalue weighted by Crippen LogP contribution is 2.30. The molecule has 1 aliphatic rings. The molecule has 104 valence electrons. The molecule has 0 aliphatic carbocycles. The van der Waals surface area contributed by atoms with Gasteiger partial charge in [-0.15, -0.1) is 0 Å². The van der Waals surface area contributed by atoms with E-state index >= 15 is 0 Å². The monoisotopic (exact) mass is 300 g/mol. The molecule has 1 heterocycles. The van der Waals surface area contributed by atoms with Gasteiger partial charge in [0.2, 0.25) is 5.91 Å². The molecule has 1 aromatic rings. The molecule has 0 radical (unpaired) electrons. The van der Waals surface area contributed by atoms with Gasteiger partial charge in [-0.1, -0.05) is 35.3 Å². The van der Waals surface area contributed by atoms with E-state index in [1.165, 1.54) is 0 Å². The Bertz CT molecular complexity index is 484. The van der Waals surface area contributed by atoms with E-state index in [-0.39, 0.29) is 11.3 Å². The van der Waals surface area contributed by atoms with Gasteiger partial charge in [0.25, 0.3) is 0 Å². The molecule has 0 spiro atoms. The van der Waals surface area contributed by atoms with Crippen LogP contribution in [-0.2, 0) is 11.3 Å². The Morgan fingerprint density at radius 2 is 2.21 bits per heavy atom. The van der Waals surface area contributed by atoms with Crippen LogP contribution in [0.5, 0.6) is 0 Å². The smallest absolute Gasteiger partial charge is 0.229 e. The molecule has 1 aromatic carbocycles. The first-order valence-electron chi connectivity index (χ1n) is 6.33. The predicted octanol–water partition coefficient (Wildman–Crippen LogP) is 2.95. The van der Waals surface area contributed by atoms with E-state index in [2.05, 4.69) is 5.32 Å². The Kier molecular flexibility index (Phi) is 4.39. The fraction of sp³-hybridized carbons (Fsp3) is 0.500. The van der Waals surface area contributed by atoms with Crippen molar-refractivity contribution in [3.63, 3.8) is 0 Å². The molecule has 0 saturated carbocycles. The lowest BCUT2D eigenvalue weighted by Gasteiger charge is -2.28. The molecule has 1 aliphatic heterocycles. The van der Waals surface area contributed by atoms with Crippen molar-refractivity contribution in [3.8, 4) is 0 Å². The molecule has 1 amide bonds. The zero-order valence-corrected chi connectivity index (χ0v) is 12.7. The Balaban J connectivity index is 2.10. The zero-order valence-electron chi connectivity index (χ0n) is 11.2. The van der Waals surface area contributed by atoms with Gasteiger partial charge in [0.1, 0.15) is 0 Å². The van der Waals surface area contributed by atoms with Gasteiger partial charge in [-0.3, -0.25) is 4.79 Å². The minimum absolute atomic E-state index is 0.147. The summed E-state index contributed by atoms with van der Waals surface area (Å²) in [6.45, 7) is 4.12. The first-order valence-corrected chi connectivity index (χ1v) is 7.09. The predicted molar refractivity (Wildman–Crippen MR) is 78.5 cm³/mol. The van der Waals surface area contributed by atoms with Crippen LogP contribution in [0.15, 0.2) is 18.2 Å². The number of hydrogen-bond donors (Lipinski definition) is 1. The lowest BCUT2D eigenvalue weighted by molar-refractivity contribution is -0.139. The van der Waals surface area contributed by atoms with E-state index in [0.717, 1.165) is 25.1 Å². The van der Waals surface area contributed by atoms with E-state index < -0.39 is 0 Å². The number of nitrogens with zero attached hydrogens (tertiary/aromatic N) is 1. The first-order chi connectivity index (χ1) is 8.94. The molecule has 1 fully saturated rings. The van der Waals surface area contributed by atoms with Gasteiger partial charge < -0.3 is 10.2 Å². The van der Waals surface area contributed by atoms with Crippen LogP contribution >= 0.6 is 23.2 Å². The average Bonchev–Trinajstić information content (AvgIpc) is 2.82. The fourth-order valence-electron chi connectivity index (χ4n) is 2.46. The van der Waals surface area contributed by atoms with E-state index in [0.29, 0.717) is 16.6 Å². The number of benzene rings is 1. The van der Waals surface area contributed by atoms with Gasteiger partial charge in [-0.25, -0.2) is 0 Å². The molecule has 2 rings (SSSR count). The van der Waals surface area contributed by atoms with Gasteiger partial charge in [0.05, 0.1) is 15.5 Å². The second-order valence-electron chi connectivity index (χ2n) is 5.36. The average molecular weight is 301 g/mol. The second kappa shape index (κ2) is 5.70. The summed E-state index contributed by atoms with van der Waals surface area (Å²) in [6, 6.07) is 5.49. The number of nitrogens with one attached hydrogen (secondary N) is 1. The minimum atomic E-state index is -0.306.